The summed E-state index contributed by atoms with van der Waals surface area (Å²) in [7, 11) is 1.77. The summed E-state index contributed by atoms with van der Waals surface area (Å²) < 4.78 is 1.88. The van der Waals surface area contributed by atoms with Crippen LogP contribution in [-0.2, 0) is 16.1 Å². The summed E-state index contributed by atoms with van der Waals surface area (Å²) in [5, 5.41) is 4.30. The van der Waals surface area contributed by atoms with Gasteiger partial charge in [0.1, 0.15) is 0 Å². The van der Waals surface area contributed by atoms with Crippen LogP contribution in [0.3, 0.4) is 0 Å². The lowest BCUT2D eigenvalue weighted by Crippen LogP contribution is -2.38. The number of benzene rings is 1. The number of amides is 2. The van der Waals surface area contributed by atoms with Gasteiger partial charge in [0.2, 0.25) is 11.8 Å². The maximum absolute atomic E-state index is 12.5. The van der Waals surface area contributed by atoms with E-state index in [4.69, 9.17) is 0 Å². The van der Waals surface area contributed by atoms with Gasteiger partial charge in [0.15, 0.2) is 0 Å². The highest BCUT2D eigenvalue weighted by atomic mass is 16.2. The van der Waals surface area contributed by atoms with Crippen molar-refractivity contribution in [2.45, 2.75) is 38.8 Å². The molecule has 0 spiro atoms. The summed E-state index contributed by atoms with van der Waals surface area (Å²) in [5.41, 5.74) is 2.15. The predicted molar refractivity (Wildman–Crippen MR) is 99.5 cm³/mol. The van der Waals surface area contributed by atoms with Crippen molar-refractivity contribution >= 4 is 11.8 Å². The molecule has 0 N–H and O–H groups in total. The van der Waals surface area contributed by atoms with E-state index in [1.807, 2.05) is 41.2 Å². The first kappa shape index (κ1) is 18.2. The Morgan fingerprint density at radius 2 is 2.04 bits per heavy atom. The molecule has 6 heteroatoms. The van der Waals surface area contributed by atoms with Crippen LogP contribution in [0.25, 0.3) is 0 Å². The number of nitrogens with zero attached hydrogens (tertiary/aromatic N) is 4. The van der Waals surface area contributed by atoms with E-state index in [0.29, 0.717) is 25.6 Å². The van der Waals surface area contributed by atoms with Crippen LogP contribution in [-0.4, -0.2) is 51.5 Å². The van der Waals surface area contributed by atoms with Crippen molar-refractivity contribution < 1.29 is 9.59 Å². The minimum absolute atomic E-state index is 0.0493. The van der Waals surface area contributed by atoms with Gasteiger partial charge in [-0.2, -0.15) is 5.10 Å². The quantitative estimate of drug-likeness (QED) is 0.801. The number of likely N-dealkylation sites (N-methyl/N-ethyl adjacent to an activating group) is 1. The van der Waals surface area contributed by atoms with Crippen molar-refractivity contribution in [1.29, 1.82) is 0 Å². The summed E-state index contributed by atoms with van der Waals surface area (Å²) in [4.78, 5) is 28.2. The number of hydrogen-bond acceptors (Lipinski definition) is 3. The second-order valence-electron chi connectivity index (χ2n) is 7.26. The van der Waals surface area contributed by atoms with Crippen molar-refractivity contribution in [2.24, 2.45) is 0 Å². The first-order valence-corrected chi connectivity index (χ1v) is 9.03. The van der Waals surface area contributed by atoms with Crippen molar-refractivity contribution in [3.05, 3.63) is 53.9 Å². The molecule has 2 aromatic rings. The lowest BCUT2D eigenvalue weighted by atomic mass is 9.99. The van der Waals surface area contributed by atoms with Crippen molar-refractivity contribution in [2.75, 3.05) is 20.1 Å². The van der Waals surface area contributed by atoms with E-state index in [1.165, 1.54) is 0 Å². The van der Waals surface area contributed by atoms with Gasteiger partial charge in [-0.15, -0.1) is 0 Å². The van der Waals surface area contributed by atoms with E-state index < -0.39 is 0 Å². The largest absolute Gasteiger partial charge is 0.340 e. The van der Waals surface area contributed by atoms with E-state index in [1.54, 1.807) is 23.0 Å². The molecule has 0 bridgehead atoms. The van der Waals surface area contributed by atoms with Crippen molar-refractivity contribution in [3.8, 4) is 0 Å². The second-order valence-corrected chi connectivity index (χ2v) is 7.26. The van der Waals surface area contributed by atoms with Gasteiger partial charge in [-0.25, -0.2) is 0 Å². The second kappa shape index (κ2) is 7.72. The maximum atomic E-state index is 12.5. The number of likely N-dealkylation sites (tertiary alicyclic amines) is 1. The van der Waals surface area contributed by atoms with Gasteiger partial charge in [-0.05, 0) is 19.4 Å². The molecule has 3 rings (SSSR count). The minimum atomic E-state index is -0.0515. The number of carbonyl (C=O) groups is 2. The molecule has 0 aliphatic carbocycles. The normalized spacial score (nSPS) is 17.2. The van der Waals surface area contributed by atoms with Crippen LogP contribution in [0.5, 0.6) is 0 Å². The van der Waals surface area contributed by atoms with Crippen molar-refractivity contribution in [1.82, 2.24) is 19.6 Å². The molecule has 1 fully saturated rings. The maximum Gasteiger partial charge on any atom is 0.242 e. The van der Waals surface area contributed by atoms with Gasteiger partial charge in [0, 0.05) is 50.3 Å². The number of carbonyl (C=O) groups excluding carboxylic acids is 2. The average Bonchev–Trinajstić information content (AvgIpc) is 3.23. The Morgan fingerprint density at radius 1 is 1.31 bits per heavy atom. The fraction of sp³-hybridized carbons (Fsp3) is 0.450. The fourth-order valence-electron chi connectivity index (χ4n) is 3.26. The monoisotopic (exact) mass is 354 g/mol. The third kappa shape index (κ3) is 4.12. The summed E-state index contributed by atoms with van der Waals surface area (Å²) in [5.74, 6) is 0.170. The Kier molecular flexibility index (Phi) is 5.40. The number of aromatic nitrogens is 2. The molecular weight excluding hydrogens is 328 g/mol. The molecule has 0 radical (unpaired) electrons. The van der Waals surface area contributed by atoms with Gasteiger partial charge >= 0.3 is 0 Å². The van der Waals surface area contributed by atoms with Crippen LogP contribution in [0.15, 0.2) is 42.7 Å². The Balaban J connectivity index is 1.56. The van der Waals surface area contributed by atoms with Gasteiger partial charge in [-0.1, -0.05) is 30.3 Å². The molecule has 2 heterocycles. The summed E-state index contributed by atoms with van der Waals surface area (Å²) >= 11 is 0. The highest BCUT2D eigenvalue weighted by molar-refractivity contribution is 5.86. The third-order valence-corrected chi connectivity index (χ3v) is 4.84. The summed E-state index contributed by atoms with van der Waals surface area (Å²) in [6.07, 6.45) is 4.22. The fourth-order valence-corrected chi connectivity index (χ4v) is 3.26. The van der Waals surface area contributed by atoms with Crippen LogP contribution >= 0.6 is 0 Å². The van der Waals surface area contributed by atoms with Crippen LogP contribution in [0.2, 0.25) is 0 Å². The first-order chi connectivity index (χ1) is 12.4. The molecule has 1 aromatic carbocycles. The molecule has 0 saturated carbocycles. The molecule has 1 saturated heterocycles. The van der Waals surface area contributed by atoms with E-state index >= 15 is 0 Å². The van der Waals surface area contributed by atoms with E-state index in [2.05, 4.69) is 18.9 Å². The first-order valence-electron chi connectivity index (χ1n) is 9.03. The zero-order valence-corrected chi connectivity index (χ0v) is 15.6. The lowest BCUT2D eigenvalue weighted by molar-refractivity contribution is -0.137. The summed E-state index contributed by atoms with van der Waals surface area (Å²) in [6.45, 7) is 5.36. The van der Waals surface area contributed by atoms with Gasteiger partial charge in [0.25, 0.3) is 0 Å². The Hall–Kier alpha value is -2.63. The molecule has 1 atom stereocenters. The van der Waals surface area contributed by atoms with Crippen LogP contribution in [0.1, 0.15) is 43.4 Å². The highest BCUT2D eigenvalue weighted by Crippen LogP contribution is 2.27. The van der Waals surface area contributed by atoms with Crippen molar-refractivity contribution in [3.63, 3.8) is 0 Å². The van der Waals surface area contributed by atoms with E-state index in [9.17, 15) is 9.59 Å². The molecular formula is C20H26N4O2. The molecule has 2 amide bonds. The Labute approximate surface area is 154 Å². The average molecular weight is 354 g/mol. The van der Waals surface area contributed by atoms with Gasteiger partial charge in [0.05, 0.1) is 12.7 Å². The minimum Gasteiger partial charge on any atom is -0.340 e. The van der Waals surface area contributed by atoms with Gasteiger partial charge < -0.3 is 9.80 Å². The molecule has 1 aliphatic rings. The Bertz CT molecular complexity index is 769. The van der Waals surface area contributed by atoms with E-state index in [0.717, 1.165) is 11.1 Å². The van der Waals surface area contributed by atoms with Gasteiger partial charge in [-0.3, -0.25) is 14.3 Å². The SMILES string of the molecule is CC(C)n1cc(CN(C)C(=O)CN2CC(c3ccccc3)CC2=O)cn1. The zero-order chi connectivity index (χ0) is 18.7. The molecule has 138 valence electrons. The zero-order valence-electron chi connectivity index (χ0n) is 15.6. The molecule has 1 aliphatic heterocycles. The van der Waals surface area contributed by atoms with Crippen LogP contribution in [0, 0.1) is 0 Å². The molecule has 1 unspecified atom stereocenters. The predicted octanol–water partition coefficient (Wildman–Crippen LogP) is 2.44. The Morgan fingerprint density at radius 3 is 2.69 bits per heavy atom. The van der Waals surface area contributed by atoms with Crippen LogP contribution < -0.4 is 0 Å². The summed E-state index contributed by atoms with van der Waals surface area (Å²) in [6, 6.07) is 10.3. The van der Waals surface area contributed by atoms with Crippen LogP contribution in [0.4, 0.5) is 0 Å². The number of hydrogen-bond donors (Lipinski definition) is 0. The molecule has 1 aromatic heterocycles. The third-order valence-electron chi connectivity index (χ3n) is 4.84. The lowest BCUT2D eigenvalue weighted by Gasteiger charge is -2.21. The standard InChI is InChI=1S/C20H26N4O2/c1-15(2)24-12-16(10-21-24)11-22(3)20(26)14-23-13-18(9-19(23)25)17-7-5-4-6-8-17/h4-8,10,12,15,18H,9,11,13-14H2,1-3H3. The highest BCUT2D eigenvalue weighted by Gasteiger charge is 2.32. The topological polar surface area (TPSA) is 58.4 Å². The number of rotatable bonds is 6. The van der Waals surface area contributed by atoms with E-state index in [-0.39, 0.29) is 24.3 Å². The molecule has 26 heavy (non-hydrogen) atoms. The smallest absolute Gasteiger partial charge is 0.242 e. The molecule has 6 nitrogen and oxygen atoms in total.